The van der Waals surface area contributed by atoms with Crippen LogP contribution >= 0.6 is 0 Å². The molecular formula is C34H47N5O6. The van der Waals surface area contributed by atoms with Gasteiger partial charge in [0, 0.05) is 12.1 Å². The van der Waals surface area contributed by atoms with Crippen molar-refractivity contribution in [1.29, 1.82) is 0 Å². The van der Waals surface area contributed by atoms with Gasteiger partial charge >= 0.3 is 6.03 Å². The summed E-state index contributed by atoms with van der Waals surface area (Å²) in [6.07, 6.45) is 5.03. The number of benzene rings is 1. The van der Waals surface area contributed by atoms with E-state index >= 15 is 0 Å². The molecule has 3 aliphatic carbocycles. The molecule has 45 heavy (non-hydrogen) atoms. The fourth-order valence-corrected chi connectivity index (χ4v) is 7.63. The van der Waals surface area contributed by atoms with Gasteiger partial charge in [-0.3, -0.25) is 24.0 Å². The zero-order valence-corrected chi connectivity index (χ0v) is 26.9. The van der Waals surface area contributed by atoms with Gasteiger partial charge in [0.05, 0.1) is 6.04 Å². The van der Waals surface area contributed by atoms with Gasteiger partial charge in [0.2, 0.25) is 17.6 Å². The number of Topliss-reactive ketones (excluding diaryl/α,β-unsaturated/α-hetero) is 2. The second-order valence-electron chi connectivity index (χ2n) is 15.1. The Hall–Kier alpha value is -3.76. The summed E-state index contributed by atoms with van der Waals surface area (Å²) in [6.45, 7) is 9.95. The van der Waals surface area contributed by atoms with Gasteiger partial charge in [-0.2, -0.15) is 0 Å². The summed E-state index contributed by atoms with van der Waals surface area (Å²) in [5, 5.41) is 8.54. The normalized spacial score (nSPS) is 25.8. The van der Waals surface area contributed by atoms with Gasteiger partial charge in [-0.25, -0.2) is 4.79 Å². The van der Waals surface area contributed by atoms with Crippen molar-refractivity contribution in [2.24, 2.45) is 40.2 Å². The Labute approximate surface area is 264 Å². The van der Waals surface area contributed by atoms with Crippen molar-refractivity contribution in [3.8, 4) is 0 Å². The van der Waals surface area contributed by atoms with Gasteiger partial charge in [0.1, 0.15) is 18.1 Å². The third-order valence-corrected chi connectivity index (χ3v) is 10.6. The van der Waals surface area contributed by atoms with E-state index in [9.17, 15) is 28.8 Å². The molecule has 5 rings (SSSR count). The monoisotopic (exact) mass is 621 g/mol. The number of likely N-dealkylation sites (tertiary alicyclic amines) is 1. The molecular weight excluding hydrogens is 574 g/mol. The van der Waals surface area contributed by atoms with Crippen LogP contribution in [0.1, 0.15) is 83.5 Å². The molecule has 4 aliphatic rings. The number of carbonyl (C=O) groups is 6. The molecule has 1 saturated heterocycles. The van der Waals surface area contributed by atoms with Gasteiger partial charge in [0.15, 0.2) is 5.78 Å². The lowest BCUT2D eigenvalue weighted by Crippen LogP contribution is -2.62. The molecule has 3 saturated carbocycles. The third-order valence-electron chi connectivity index (χ3n) is 10.6. The number of urea groups is 1. The van der Waals surface area contributed by atoms with Crippen LogP contribution in [0.4, 0.5) is 4.79 Å². The summed E-state index contributed by atoms with van der Waals surface area (Å²) in [7, 11) is 0. The van der Waals surface area contributed by atoms with Crippen molar-refractivity contribution in [3.05, 3.63) is 35.9 Å². The molecule has 4 fully saturated rings. The molecule has 1 aliphatic heterocycles. The number of nitrogens with zero attached hydrogens (tertiary/aromatic N) is 1. The van der Waals surface area contributed by atoms with Crippen molar-refractivity contribution in [2.75, 3.05) is 6.54 Å². The van der Waals surface area contributed by atoms with E-state index in [1.165, 1.54) is 4.90 Å². The number of hydrogen-bond acceptors (Lipinski definition) is 6. The number of rotatable bonds is 11. The minimum absolute atomic E-state index is 0.00391. The zero-order chi connectivity index (χ0) is 32.8. The molecule has 1 heterocycles. The van der Waals surface area contributed by atoms with Crippen molar-refractivity contribution in [2.45, 2.75) is 97.3 Å². The largest absolute Gasteiger partial charge is 0.363 e. The van der Waals surface area contributed by atoms with Crippen LogP contribution in [0.3, 0.4) is 0 Å². The predicted molar refractivity (Wildman–Crippen MR) is 167 cm³/mol. The van der Waals surface area contributed by atoms with Crippen LogP contribution in [0.5, 0.6) is 0 Å². The van der Waals surface area contributed by atoms with Gasteiger partial charge in [-0.1, -0.05) is 77.8 Å². The van der Waals surface area contributed by atoms with E-state index in [4.69, 9.17) is 5.73 Å². The first-order chi connectivity index (χ1) is 21.1. The van der Waals surface area contributed by atoms with Gasteiger partial charge in [-0.05, 0) is 60.2 Å². The molecule has 5 N–H and O–H groups in total. The van der Waals surface area contributed by atoms with Gasteiger partial charge < -0.3 is 26.6 Å². The molecule has 1 aromatic carbocycles. The second kappa shape index (κ2) is 12.2. The average molecular weight is 622 g/mol. The number of nitrogens with two attached hydrogens (primary N) is 1. The Kier molecular flexibility index (Phi) is 8.85. The minimum Gasteiger partial charge on any atom is -0.363 e. The van der Waals surface area contributed by atoms with Crippen LogP contribution in [0.2, 0.25) is 0 Å². The molecule has 0 spiro atoms. The Balaban J connectivity index is 1.34. The quantitative estimate of drug-likeness (QED) is 0.219. The van der Waals surface area contributed by atoms with Crippen LogP contribution in [0, 0.1) is 34.5 Å². The molecule has 6 atom stereocenters. The van der Waals surface area contributed by atoms with Crippen molar-refractivity contribution >= 4 is 35.3 Å². The highest BCUT2D eigenvalue weighted by Gasteiger charge is 2.70. The van der Waals surface area contributed by atoms with Crippen molar-refractivity contribution < 1.29 is 28.8 Å². The number of nitrogens with one attached hydrogen (secondary N) is 3. The molecule has 11 nitrogen and oxygen atoms in total. The molecule has 1 unspecified atom stereocenters. The Bertz CT molecular complexity index is 1360. The highest BCUT2D eigenvalue weighted by Crippen LogP contribution is 2.65. The molecule has 1 aromatic rings. The number of hydrogen-bond donors (Lipinski definition) is 4. The summed E-state index contributed by atoms with van der Waals surface area (Å²) in [6, 6.07) is 4.67. The van der Waals surface area contributed by atoms with E-state index in [1.54, 1.807) is 24.3 Å². The lowest BCUT2D eigenvalue weighted by molar-refractivity contribution is -0.145. The predicted octanol–water partition coefficient (Wildman–Crippen LogP) is 2.57. The highest BCUT2D eigenvalue weighted by atomic mass is 16.2. The van der Waals surface area contributed by atoms with Gasteiger partial charge in [-0.15, -0.1) is 0 Å². The Morgan fingerprint density at radius 2 is 1.47 bits per heavy atom. The average Bonchev–Trinajstić information content (AvgIpc) is 3.72. The molecule has 244 valence electrons. The van der Waals surface area contributed by atoms with E-state index in [1.807, 2.05) is 26.8 Å². The van der Waals surface area contributed by atoms with Gasteiger partial charge in [0.25, 0.3) is 5.91 Å². The number of fused-ring (bicyclic) bond motifs is 1. The summed E-state index contributed by atoms with van der Waals surface area (Å²) in [5.41, 5.74) is 4.87. The fraction of sp³-hybridized carbons (Fsp3) is 0.647. The summed E-state index contributed by atoms with van der Waals surface area (Å²) in [5.74, 6) is -3.19. The first-order valence-electron chi connectivity index (χ1n) is 16.2. The molecule has 11 heteroatoms. The maximum absolute atomic E-state index is 14.3. The van der Waals surface area contributed by atoms with E-state index in [0.717, 1.165) is 25.7 Å². The van der Waals surface area contributed by atoms with Crippen LogP contribution in [-0.4, -0.2) is 70.9 Å². The lowest BCUT2D eigenvalue weighted by atomic mass is 9.85. The molecule has 0 aromatic heterocycles. The van der Waals surface area contributed by atoms with E-state index in [-0.39, 0.29) is 34.9 Å². The highest BCUT2D eigenvalue weighted by molar-refractivity contribution is 6.38. The minimum atomic E-state index is -1.10. The number of ketones is 2. The van der Waals surface area contributed by atoms with E-state index < -0.39 is 59.1 Å². The first kappa shape index (κ1) is 32.6. The lowest BCUT2D eigenvalue weighted by Gasteiger charge is -2.38. The summed E-state index contributed by atoms with van der Waals surface area (Å²) in [4.78, 5) is 81.0. The molecule has 0 bridgehead atoms. The Morgan fingerprint density at radius 1 is 0.867 bits per heavy atom. The zero-order valence-electron chi connectivity index (χ0n) is 26.9. The van der Waals surface area contributed by atoms with Crippen molar-refractivity contribution in [1.82, 2.24) is 20.9 Å². The third kappa shape index (κ3) is 6.63. The standard InChI is InChI=1S/C34H47N5O6/c1-33(2,3)28(38-32(45)37-23(18-11-9-10-12-18)26(40)20-13-7-6-8-14-20)31(44)39-17-21-22(34(21,4)5)25(39)30(43)36-24(19-15-16-19)27(41)29(35)42/h6-8,13-14,18-19,21-25,28H,9-12,15-17H2,1-5H3,(H2,35,42)(H,36,43)(H2,37,38,45)/t21-,22-,23-,24?,25-,28+/m0/s1. The first-order valence-corrected chi connectivity index (χ1v) is 16.2. The smallest absolute Gasteiger partial charge is 0.316 e. The Morgan fingerprint density at radius 3 is 2.02 bits per heavy atom. The maximum atomic E-state index is 14.3. The van der Waals surface area contributed by atoms with E-state index in [0.29, 0.717) is 24.9 Å². The fourth-order valence-electron chi connectivity index (χ4n) is 7.63. The number of carbonyl (C=O) groups excluding carboxylic acids is 6. The molecule has 0 radical (unpaired) electrons. The van der Waals surface area contributed by atoms with Crippen LogP contribution in [-0.2, 0) is 19.2 Å². The van der Waals surface area contributed by atoms with Crippen LogP contribution < -0.4 is 21.7 Å². The molecule has 5 amide bonds. The summed E-state index contributed by atoms with van der Waals surface area (Å²) < 4.78 is 0. The number of primary amides is 1. The second-order valence-corrected chi connectivity index (χ2v) is 15.1. The number of piperidine rings is 1. The topological polar surface area (TPSA) is 168 Å². The van der Waals surface area contributed by atoms with Crippen LogP contribution in [0.25, 0.3) is 0 Å². The van der Waals surface area contributed by atoms with E-state index in [2.05, 4.69) is 29.8 Å². The number of amides is 5. The SMILES string of the molecule is CC(C)(C)[C@H](NC(=O)N[C@H](C(=O)c1ccccc1)C1CCCC1)C(=O)N1C[C@H]2[C@@H]([C@H]1C(=O)NC(C(=O)C(N)=O)C1CC1)C2(C)C. The van der Waals surface area contributed by atoms with Crippen molar-refractivity contribution in [3.63, 3.8) is 0 Å². The maximum Gasteiger partial charge on any atom is 0.316 e. The van der Waals surface area contributed by atoms with Crippen LogP contribution in [0.15, 0.2) is 30.3 Å². The summed E-state index contributed by atoms with van der Waals surface area (Å²) >= 11 is 0.